The van der Waals surface area contributed by atoms with Gasteiger partial charge in [0.2, 0.25) is 5.95 Å². The molecule has 1 aliphatic heterocycles. The third-order valence-electron chi connectivity index (χ3n) is 4.48. The number of nitrogens with one attached hydrogen (secondary N) is 1. The summed E-state index contributed by atoms with van der Waals surface area (Å²) in [6.45, 7) is 4.63. The van der Waals surface area contributed by atoms with Crippen molar-refractivity contribution in [3.05, 3.63) is 36.7 Å². The van der Waals surface area contributed by atoms with Crippen molar-refractivity contribution in [2.45, 2.75) is 19.9 Å². The van der Waals surface area contributed by atoms with Gasteiger partial charge in [0.15, 0.2) is 23.1 Å². The monoisotopic (exact) mass is 369 g/mol. The van der Waals surface area contributed by atoms with E-state index in [0.29, 0.717) is 29.9 Å². The predicted octanol–water partition coefficient (Wildman–Crippen LogP) is 2.58. The Morgan fingerprint density at radius 2 is 2.11 bits per heavy atom. The van der Waals surface area contributed by atoms with Gasteiger partial charge in [0.25, 0.3) is 0 Å². The number of imidazole rings is 1. The lowest BCUT2D eigenvalue weighted by Gasteiger charge is -2.32. The van der Waals surface area contributed by atoms with Gasteiger partial charge in [-0.1, -0.05) is 0 Å². The second-order valence-corrected chi connectivity index (χ2v) is 6.45. The number of anilines is 3. The molecule has 142 valence electrons. The second-order valence-electron chi connectivity index (χ2n) is 6.45. The van der Waals surface area contributed by atoms with Crippen LogP contribution in [-0.4, -0.2) is 51.3 Å². The number of hydrogen-bond acceptors (Lipinski definition) is 8. The molecule has 4 heterocycles. The fraction of sp³-hybridized carbons (Fsp3) is 0.333. The molecule has 4 rings (SSSR count). The molecule has 0 radical (unpaired) electrons. The number of rotatable bonds is 4. The van der Waals surface area contributed by atoms with Gasteiger partial charge in [-0.3, -0.25) is 4.57 Å². The molecule has 0 unspecified atom stereocenters. The Balaban J connectivity index is 0.00000225. The fourth-order valence-electron chi connectivity index (χ4n) is 2.82. The molecule has 0 aliphatic carbocycles. The summed E-state index contributed by atoms with van der Waals surface area (Å²) in [6.07, 6.45) is 6.98. The minimum atomic E-state index is 0. The van der Waals surface area contributed by atoms with Crippen LogP contribution in [-0.2, 0) is 0 Å². The van der Waals surface area contributed by atoms with E-state index in [0.717, 1.165) is 17.2 Å². The second kappa shape index (κ2) is 6.75. The molecule has 3 aromatic heterocycles. The number of aromatic nitrogens is 5. The van der Waals surface area contributed by atoms with E-state index in [-0.39, 0.29) is 7.47 Å². The van der Waals surface area contributed by atoms with Gasteiger partial charge in [-0.15, -0.1) is 0 Å². The minimum Gasteiger partial charge on any atom is -0.493 e. The quantitative estimate of drug-likeness (QED) is 0.750. The maximum Gasteiger partial charge on any atom is 0.229 e. The van der Waals surface area contributed by atoms with E-state index in [4.69, 9.17) is 9.47 Å². The molecule has 1 N–H and O–H groups in total. The van der Waals surface area contributed by atoms with E-state index in [1.54, 1.807) is 25.8 Å². The largest absolute Gasteiger partial charge is 0.493 e. The topological polar surface area (TPSA) is 90.2 Å². The zero-order chi connectivity index (χ0) is 19.0. The lowest BCUT2D eigenvalue weighted by Crippen LogP contribution is -2.38. The van der Waals surface area contributed by atoms with Crippen LogP contribution in [0, 0.1) is 6.92 Å². The molecular weight excluding hydrogens is 346 g/mol. The van der Waals surface area contributed by atoms with E-state index >= 15 is 0 Å². The normalized spacial score (nSPS) is 15.9. The van der Waals surface area contributed by atoms with Crippen molar-refractivity contribution in [1.29, 1.82) is 0 Å². The Bertz CT molecular complexity index is 978. The molecular formula is C18H23N7O2. The summed E-state index contributed by atoms with van der Waals surface area (Å²) < 4.78 is 13.0. The van der Waals surface area contributed by atoms with Gasteiger partial charge >= 0.3 is 0 Å². The summed E-state index contributed by atoms with van der Waals surface area (Å²) in [5.74, 6) is 3.19. The number of aryl methyl sites for hydroxylation is 1. The molecule has 9 nitrogen and oxygen atoms in total. The summed E-state index contributed by atoms with van der Waals surface area (Å²) in [6, 6.07) is 2.10. The third-order valence-corrected chi connectivity index (χ3v) is 4.48. The van der Waals surface area contributed by atoms with Crippen molar-refractivity contribution in [3.63, 3.8) is 0 Å². The van der Waals surface area contributed by atoms with Crippen LogP contribution in [0.25, 0.3) is 5.82 Å². The average Bonchev–Trinajstić information content (AvgIpc) is 3.11. The zero-order valence-corrected chi connectivity index (χ0v) is 15.7. The smallest absolute Gasteiger partial charge is 0.229 e. The van der Waals surface area contributed by atoms with Gasteiger partial charge in [0.1, 0.15) is 12.9 Å². The summed E-state index contributed by atoms with van der Waals surface area (Å²) >= 11 is 0. The number of methoxy groups -OCH3 is 1. The van der Waals surface area contributed by atoms with Gasteiger partial charge in [-0.05, 0) is 13.8 Å². The molecule has 3 aromatic rings. The summed E-state index contributed by atoms with van der Waals surface area (Å²) in [5, 5.41) is 3.18. The van der Waals surface area contributed by atoms with Crippen molar-refractivity contribution in [2.75, 3.05) is 31.0 Å². The Labute approximate surface area is 158 Å². The summed E-state index contributed by atoms with van der Waals surface area (Å²) in [4.78, 5) is 19.7. The van der Waals surface area contributed by atoms with Crippen molar-refractivity contribution >= 4 is 17.5 Å². The molecule has 9 heteroatoms. The molecule has 1 aliphatic rings. The number of nitrogens with zero attached hydrogens (tertiary/aromatic N) is 6. The summed E-state index contributed by atoms with van der Waals surface area (Å²) in [7, 11) is 3.60. The zero-order valence-electron chi connectivity index (χ0n) is 15.7. The van der Waals surface area contributed by atoms with Crippen LogP contribution < -0.4 is 19.7 Å². The molecule has 0 saturated carbocycles. The molecule has 0 fully saturated rings. The van der Waals surface area contributed by atoms with Gasteiger partial charge in [0, 0.05) is 20.7 Å². The van der Waals surface area contributed by atoms with Crippen molar-refractivity contribution in [1.82, 2.24) is 24.5 Å². The number of likely N-dealkylation sites (N-methyl/N-ethyl adjacent to an activating group) is 1. The first kappa shape index (κ1) is 17.1. The van der Waals surface area contributed by atoms with E-state index in [9.17, 15) is 0 Å². The molecule has 1 atom stereocenters. The first-order valence-electron chi connectivity index (χ1n) is 8.60. The Kier molecular flexibility index (Phi) is 4.27. The maximum atomic E-state index is 5.68. The van der Waals surface area contributed by atoms with Crippen LogP contribution in [0.15, 0.2) is 31.0 Å². The third kappa shape index (κ3) is 3.23. The van der Waals surface area contributed by atoms with Gasteiger partial charge in [0.05, 0.1) is 36.9 Å². The molecule has 0 bridgehead atoms. The van der Waals surface area contributed by atoms with Crippen LogP contribution >= 0.6 is 0 Å². The first-order valence-corrected chi connectivity index (χ1v) is 8.60. The highest BCUT2D eigenvalue weighted by atomic mass is 16.5. The number of pyridine rings is 1. The Hall–Kier alpha value is -3.36. The van der Waals surface area contributed by atoms with E-state index < -0.39 is 0 Å². The molecule has 0 amide bonds. The molecule has 27 heavy (non-hydrogen) atoms. The number of fused-ring (bicyclic) bond motifs is 1. The van der Waals surface area contributed by atoms with Crippen molar-refractivity contribution < 1.29 is 10.9 Å². The molecule has 0 saturated heterocycles. The van der Waals surface area contributed by atoms with Crippen LogP contribution in [0.5, 0.6) is 11.5 Å². The van der Waals surface area contributed by atoms with Gasteiger partial charge < -0.3 is 19.7 Å². The van der Waals surface area contributed by atoms with E-state index in [1.165, 1.54) is 0 Å². The Morgan fingerprint density at radius 3 is 2.85 bits per heavy atom. The van der Waals surface area contributed by atoms with E-state index in [1.807, 2.05) is 30.8 Å². The highest BCUT2D eigenvalue weighted by Gasteiger charge is 2.23. The lowest BCUT2D eigenvalue weighted by molar-refractivity contribution is 0.271. The lowest BCUT2D eigenvalue weighted by atomic mass is 10.2. The number of hydrogen-bond donors (Lipinski definition) is 1. The van der Waals surface area contributed by atoms with Crippen LogP contribution in [0.3, 0.4) is 0 Å². The van der Waals surface area contributed by atoms with Crippen molar-refractivity contribution in [2.24, 2.45) is 0 Å². The predicted molar refractivity (Wildman–Crippen MR) is 103 cm³/mol. The van der Waals surface area contributed by atoms with E-state index in [2.05, 4.69) is 37.1 Å². The van der Waals surface area contributed by atoms with Gasteiger partial charge in [-0.2, -0.15) is 4.98 Å². The average molecular weight is 369 g/mol. The highest BCUT2D eigenvalue weighted by molar-refractivity contribution is 5.61. The SMILES string of the molecule is COc1cc(Nc2ncc3c(n2)N(C)[C@@H](C)CO3)cnc1-n1cnc(C)c1.[HH]. The van der Waals surface area contributed by atoms with Crippen LogP contribution in [0.1, 0.15) is 14.0 Å². The molecule has 0 spiro atoms. The standard InChI is InChI=1S/C18H21N7O2.H2/c1-11-8-25(10-21-11)16-14(26-4)5-13(6-19-16)22-18-20-7-15-17(23-18)24(3)12(2)9-27-15;/h5-8,10,12H,9H2,1-4H3,(H,20,22,23);1H/t12-;/m0./s1. The summed E-state index contributed by atoms with van der Waals surface area (Å²) in [5.41, 5.74) is 1.63. The first-order chi connectivity index (χ1) is 13.0. The van der Waals surface area contributed by atoms with Crippen LogP contribution in [0.4, 0.5) is 17.5 Å². The Morgan fingerprint density at radius 1 is 1.26 bits per heavy atom. The maximum absolute atomic E-state index is 5.68. The van der Waals surface area contributed by atoms with Crippen LogP contribution in [0.2, 0.25) is 0 Å². The molecule has 0 aromatic carbocycles. The fourth-order valence-corrected chi connectivity index (χ4v) is 2.82. The number of ether oxygens (including phenoxy) is 2. The van der Waals surface area contributed by atoms with Gasteiger partial charge in [-0.25, -0.2) is 15.0 Å². The highest BCUT2D eigenvalue weighted by Crippen LogP contribution is 2.32. The minimum absolute atomic E-state index is 0. The van der Waals surface area contributed by atoms with Crippen molar-refractivity contribution in [3.8, 4) is 17.3 Å².